The van der Waals surface area contributed by atoms with Crippen molar-refractivity contribution in [3.05, 3.63) is 24.4 Å². The molecule has 4 nitrogen and oxygen atoms in total. The second-order valence-electron chi connectivity index (χ2n) is 1.89. The number of allylic oxidation sites excluding steroid dienone is 2. The predicted molar refractivity (Wildman–Crippen MR) is 48.0 cm³/mol. The number of nitrogens with two attached hydrogens (primary N) is 1. The van der Waals surface area contributed by atoms with Gasteiger partial charge in [-0.3, -0.25) is 4.99 Å². The third kappa shape index (κ3) is 5.22. The fourth-order valence-corrected chi connectivity index (χ4v) is 0.575. The zero-order valence-corrected chi connectivity index (χ0v) is 6.99. The molecule has 0 fully saturated rings. The van der Waals surface area contributed by atoms with Gasteiger partial charge in [-0.05, 0) is 13.0 Å². The SMILES string of the molecule is C=C/C=C(/COC(N)=O)N=CC. The number of carbonyl (C=O) groups excluding carboxylic acids is 1. The van der Waals surface area contributed by atoms with Gasteiger partial charge in [-0.15, -0.1) is 0 Å². The molecular formula is C8H12N2O2. The lowest BCUT2D eigenvalue weighted by atomic mass is 10.4. The summed E-state index contributed by atoms with van der Waals surface area (Å²) in [4.78, 5) is 14.1. The number of ether oxygens (including phenoxy) is 1. The predicted octanol–water partition coefficient (Wildman–Crippen LogP) is 1.24. The summed E-state index contributed by atoms with van der Waals surface area (Å²) >= 11 is 0. The van der Waals surface area contributed by atoms with E-state index in [2.05, 4.69) is 16.3 Å². The minimum absolute atomic E-state index is 0.0751. The van der Waals surface area contributed by atoms with E-state index in [4.69, 9.17) is 5.73 Å². The van der Waals surface area contributed by atoms with Gasteiger partial charge in [-0.2, -0.15) is 0 Å². The Morgan fingerprint density at radius 1 is 1.75 bits per heavy atom. The lowest BCUT2D eigenvalue weighted by Crippen LogP contribution is -2.14. The first-order valence-corrected chi connectivity index (χ1v) is 3.43. The van der Waals surface area contributed by atoms with E-state index in [0.29, 0.717) is 5.70 Å². The number of hydrogen-bond acceptors (Lipinski definition) is 3. The van der Waals surface area contributed by atoms with E-state index in [1.165, 1.54) is 0 Å². The molecule has 0 heterocycles. The third-order valence-corrected chi connectivity index (χ3v) is 0.967. The zero-order valence-electron chi connectivity index (χ0n) is 6.99. The maximum Gasteiger partial charge on any atom is 0.404 e. The van der Waals surface area contributed by atoms with Gasteiger partial charge in [0.25, 0.3) is 0 Å². The van der Waals surface area contributed by atoms with Crippen molar-refractivity contribution < 1.29 is 9.53 Å². The van der Waals surface area contributed by atoms with Crippen molar-refractivity contribution in [1.82, 2.24) is 0 Å². The first-order valence-electron chi connectivity index (χ1n) is 3.43. The average Bonchev–Trinajstić information content (AvgIpc) is 2.01. The molecule has 0 aliphatic carbocycles. The number of amides is 1. The molecular weight excluding hydrogens is 156 g/mol. The highest BCUT2D eigenvalue weighted by molar-refractivity contribution is 5.65. The lowest BCUT2D eigenvalue weighted by molar-refractivity contribution is 0.166. The summed E-state index contributed by atoms with van der Waals surface area (Å²) in [5.74, 6) is 0. The van der Waals surface area contributed by atoms with E-state index in [9.17, 15) is 4.79 Å². The molecule has 0 aliphatic heterocycles. The van der Waals surface area contributed by atoms with Crippen molar-refractivity contribution >= 4 is 12.3 Å². The molecule has 0 rings (SSSR count). The average molecular weight is 168 g/mol. The molecule has 0 saturated carbocycles. The summed E-state index contributed by atoms with van der Waals surface area (Å²) in [5, 5.41) is 0. The van der Waals surface area contributed by atoms with Crippen molar-refractivity contribution in [3.63, 3.8) is 0 Å². The Morgan fingerprint density at radius 2 is 2.42 bits per heavy atom. The highest BCUT2D eigenvalue weighted by Crippen LogP contribution is 1.96. The Bertz CT molecular complexity index is 219. The van der Waals surface area contributed by atoms with E-state index in [1.54, 1.807) is 25.3 Å². The zero-order chi connectivity index (χ0) is 9.40. The molecule has 66 valence electrons. The van der Waals surface area contributed by atoms with Crippen LogP contribution in [0.2, 0.25) is 0 Å². The smallest absolute Gasteiger partial charge is 0.404 e. The molecule has 12 heavy (non-hydrogen) atoms. The minimum atomic E-state index is -0.809. The highest BCUT2D eigenvalue weighted by Gasteiger charge is 1.96. The number of nitrogens with zero attached hydrogens (tertiary/aromatic N) is 1. The van der Waals surface area contributed by atoms with Gasteiger partial charge in [0.05, 0.1) is 5.70 Å². The number of hydrogen-bond donors (Lipinski definition) is 1. The van der Waals surface area contributed by atoms with E-state index < -0.39 is 6.09 Å². The standard InChI is InChI=1S/C8H12N2O2/c1-3-5-7(10-4-2)6-12-8(9)11/h3-5H,1,6H2,2H3,(H2,9,11)/b7-5-,10-4?. The number of aliphatic imine (C=N–C) groups is 1. The number of rotatable bonds is 4. The van der Waals surface area contributed by atoms with Gasteiger partial charge in [0, 0.05) is 6.21 Å². The molecule has 0 aliphatic rings. The van der Waals surface area contributed by atoms with Crippen molar-refractivity contribution in [1.29, 1.82) is 0 Å². The molecule has 0 aromatic heterocycles. The van der Waals surface area contributed by atoms with E-state index in [1.807, 2.05) is 0 Å². The van der Waals surface area contributed by atoms with E-state index >= 15 is 0 Å². The largest absolute Gasteiger partial charge is 0.443 e. The van der Waals surface area contributed by atoms with Crippen LogP contribution in [0.4, 0.5) is 4.79 Å². The van der Waals surface area contributed by atoms with Gasteiger partial charge in [0.15, 0.2) is 0 Å². The maximum atomic E-state index is 10.2. The van der Waals surface area contributed by atoms with Crippen LogP contribution in [0.3, 0.4) is 0 Å². The summed E-state index contributed by atoms with van der Waals surface area (Å²) in [5.41, 5.74) is 5.37. The summed E-state index contributed by atoms with van der Waals surface area (Å²) in [6.07, 6.45) is 3.99. The van der Waals surface area contributed by atoms with Crippen molar-refractivity contribution in [3.8, 4) is 0 Å². The Hall–Kier alpha value is -1.58. The van der Waals surface area contributed by atoms with Gasteiger partial charge >= 0.3 is 6.09 Å². The van der Waals surface area contributed by atoms with Crippen LogP contribution in [0.5, 0.6) is 0 Å². The molecule has 0 radical (unpaired) electrons. The molecule has 0 aromatic rings. The molecule has 0 unspecified atom stereocenters. The molecule has 0 atom stereocenters. The summed E-state index contributed by atoms with van der Waals surface area (Å²) in [6, 6.07) is 0. The van der Waals surface area contributed by atoms with Crippen LogP contribution in [0.1, 0.15) is 6.92 Å². The Morgan fingerprint density at radius 3 is 2.83 bits per heavy atom. The van der Waals surface area contributed by atoms with E-state index in [0.717, 1.165) is 0 Å². The normalized spacial score (nSPS) is 11.6. The van der Waals surface area contributed by atoms with Crippen LogP contribution in [0.15, 0.2) is 29.4 Å². The van der Waals surface area contributed by atoms with Gasteiger partial charge in [0.2, 0.25) is 0 Å². The van der Waals surface area contributed by atoms with Crippen molar-refractivity contribution in [2.45, 2.75) is 6.92 Å². The van der Waals surface area contributed by atoms with Crippen LogP contribution in [-0.4, -0.2) is 18.9 Å². The Kier molecular flexibility index (Phi) is 5.34. The Balaban J connectivity index is 4.05. The van der Waals surface area contributed by atoms with Crippen molar-refractivity contribution in [2.75, 3.05) is 6.61 Å². The van der Waals surface area contributed by atoms with Crippen LogP contribution in [0, 0.1) is 0 Å². The molecule has 1 amide bonds. The topological polar surface area (TPSA) is 64.7 Å². The second kappa shape index (κ2) is 6.15. The number of primary amides is 1. The second-order valence-corrected chi connectivity index (χ2v) is 1.89. The fourth-order valence-electron chi connectivity index (χ4n) is 0.575. The van der Waals surface area contributed by atoms with Gasteiger partial charge in [-0.25, -0.2) is 4.79 Å². The van der Waals surface area contributed by atoms with Crippen LogP contribution >= 0.6 is 0 Å². The first kappa shape index (κ1) is 10.4. The van der Waals surface area contributed by atoms with Crippen molar-refractivity contribution in [2.24, 2.45) is 10.7 Å². The van der Waals surface area contributed by atoms with Gasteiger partial charge < -0.3 is 10.5 Å². The van der Waals surface area contributed by atoms with Gasteiger partial charge in [-0.1, -0.05) is 12.7 Å². The molecule has 2 N–H and O–H groups in total. The maximum absolute atomic E-state index is 10.2. The van der Waals surface area contributed by atoms with Crippen LogP contribution < -0.4 is 5.73 Å². The number of carbonyl (C=O) groups is 1. The lowest BCUT2D eigenvalue weighted by Gasteiger charge is -1.99. The monoisotopic (exact) mass is 168 g/mol. The van der Waals surface area contributed by atoms with E-state index in [-0.39, 0.29) is 6.61 Å². The Labute approximate surface area is 71.4 Å². The summed E-state index contributed by atoms with van der Waals surface area (Å²) in [7, 11) is 0. The molecule has 0 spiro atoms. The summed E-state index contributed by atoms with van der Waals surface area (Å²) < 4.78 is 4.52. The minimum Gasteiger partial charge on any atom is -0.443 e. The molecule has 0 aromatic carbocycles. The van der Waals surface area contributed by atoms with Crippen LogP contribution in [0.25, 0.3) is 0 Å². The third-order valence-electron chi connectivity index (χ3n) is 0.967. The molecule has 0 saturated heterocycles. The fraction of sp³-hybridized carbons (Fsp3) is 0.250. The first-order chi connectivity index (χ1) is 5.70. The molecule has 4 heteroatoms. The highest BCUT2D eigenvalue weighted by atomic mass is 16.5. The van der Waals surface area contributed by atoms with Crippen LogP contribution in [-0.2, 0) is 4.74 Å². The molecule has 0 bridgehead atoms. The summed E-state index contributed by atoms with van der Waals surface area (Å²) in [6.45, 7) is 5.33. The quantitative estimate of drug-likeness (QED) is 0.507. The van der Waals surface area contributed by atoms with Gasteiger partial charge in [0.1, 0.15) is 6.61 Å².